The van der Waals surface area contributed by atoms with Crippen LogP contribution in [0.4, 0.5) is 0 Å². The van der Waals surface area contributed by atoms with Crippen molar-refractivity contribution in [3.63, 3.8) is 0 Å². The second-order valence-corrected chi connectivity index (χ2v) is 7.18. The Balaban J connectivity index is 0.00000300. The van der Waals surface area contributed by atoms with E-state index in [2.05, 4.69) is 44.9 Å². The number of nitrogens with zero attached hydrogens (tertiary/aromatic N) is 4. The van der Waals surface area contributed by atoms with Crippen LogP contribution in [0, 0.1) is 5.92 Å². The van der Waals surface area contributed by atoms with E-state index in [-0.39, 0.29) is 24.0 Å². The van der Waals surface area contributed by atoms with Crippen molar-refractivity contribution < 1.29 is 9.47 Å². The molecule has 0 amide bonds. The van der Waals surface area contributed by atoms with Crippen molar-refractivity contribution >= 4 is 41.0 Å². The molecule has 1 aromatic heterocycles. The summed E-state index contributed by atoms with van der Waals surface area (Å²) in [6, 6.07) is 8.26. The molecule has 29 heavy (non-hydrogen) atoms. The number of likely N-dealkylation sites (tertiary alicyclic amines) is 1. The van der Waals surface area contributed by atoms with Crippen LogP contribution in [-0.4, -0.2) is 73.5 Å². The lowest BCUT2D eigenvalue weighted by Crippen LogP contribution is -2.40. The third-order valence-electron chi connectivity index (χ3n) is 5.05. The van der Waals surface area contributed by atoms with Crippen molar-refractivity contribution in [3.8, 4) is 0 Å². The van der Waals surface area contributed by atoms with Gasteiger partial charge in [-0.1, -0.05) is 12.1 Å². The summed E-state index contributed by atoms with van der Waals surface area (Å²) < 4.78 is 12.9. The van der Waals surface area contributed by atoms with E-state index in [4.69, 9.17) is 14.5 Å². The number of aliphatic imine (C=N–C) groups is 1. The Morgan fingerprint density at radius 1 is 1.31 bits per heavy atom. The number of ether oxygens (including phenoxy) is 2. The molecule has 0 spiro atoms. The number of hydrogen-bond donors (Lipinski definition) is 1. The van der Waals surface area contributed by atoms with Crippen LogP contribution in [0.1, 0.15) is 19.8 Å². The second-order valence-electron chi connectivity index (χ2n) is 7.18. The average molecular weight is 515 g/mol. The first-order chi connectivity index (χ1) is 13.8. The zero-order valence-corrected chi connectivity index (χ0v) is 19.9. The fraction of sp³-hybridized carbons (Fsp3) is 0.619. The summed E-state index contributed by atoms with van der Waals surface area (Å²) >= 11 is 0. The maximum absolute atomic E-state index is 5.70. The number of hydrogen-bond acceptors (Lipinski definition) is 4. The summed E-state index contributed by atoms with van der Waals surface area (Å²) in [7, 11) is 1.70. The van der Waals surface area contributed by atoms with Crippen molar-refractivity contribution in [1.82, 2.24) is 19.8 Å². The van der Waals surface area contributed by atoms with Gasteiger partial charge in [-0.15, -0.1) is 24.0 Å². The van der Waals surface area contributed by atoms with Crippen LogP contribution in [-0.2, 0) is 16.0 Å². The largest absolute Gasteiger partial charge is 0.382 e. The molecule has 2 heterocycles. The standard InChI is InChI=1S/C21H33N5O2.HI/c1-3-22-21(25-12-9-18(15-25)16-28-14-13-27-2)23-10-6-11-26-17-24-19-7-4-5-8-20(19)26;/h4-5,7-8,17-18H,3,6,9-16H2,1-2H3,(H,22,23);1H. The molecule has 8 heteroatoms. The Bertz CT molecular complexity index is 752. The molecular weight excluding hydrogens is 481 g/mol. The Kier molecular flexibility index (Phi) is 10.7. The number of imidazole rings is 1. The van der Waals surface area contributed by atoms with E-state index in [9.17, 15) is 0 Å². The van der Waals surface area contributed by atoms with E-state index in [0.717, 1.165) is 63.6 Å². The number of guanidine groups is 1. The van der Waals surface area contributed by atoms with Crippen molar-refractivity contribution in [1.29, 1.82) is 0 Å². The highest BCUT2D eigenvalue weighted by Crippen LogP contribution is 2.17. The van der Waals surface area contributed by atoms with Gasteiger partial charge < -0.3 is 24.3 Å². The van der Waals surface area contributed by atoms with Gasteiger partial charge in [0.05, 0.1) is 37.2 Å². The van der Waals surface area contributed by atoms with Crippen LogP contribution >= 0.6 is 24.0 Å². The maximum Gasteiger partial charge on any atom is 0.193 e. The summed E-state index contributed by atoms with van der Waals surface area (Å²) in [5.74, 6) is 1.59. The predicted octanol–water partition coefficient (Wildman–Crippen LogP) is 2.99. The minimum Gasteiger partial charge on any atom is -0.382 e. The molecule has 1 aliphatic heterocycles. The van der Waals surface area contributed by atoms with Crippen molar-refractivity contribution in [2.75, 3.05) is 53.1 Å². The third kappa shape index (κ3) is 7.11. The fourth-order valence-electron chi connectivity index (χ4n) is 3.59. The van der Waals surface area contributed by atoms with E-state index in [1.54, 1.807) is 7.11 Å². The highest BCUT2D eigenvalue weighted by atomic mass is 127. The molecule has 0 saturated carbocycles. The monoisotopic (exact) mass is 515 g/mol. The van der Waals surface area contributed by atoms with Gasteiger partial charge >= 0.3 is 0 Å². The SMILES string of the molecule is CCNC(=NCCCn1cnc2ccccc21)N1CCC(COCCOC)C1.I. The number of aromatic nitrogens is 2. The predicted molar refractivity (Wildman–Crippen MR) is 128 cm³/mol. The zero-order valence-electron chi connectivity index (χ0n) is 17.5. The second kappa shape index (κ2) is 13.0. The molecule has 3 rings (SSSR count). The van der Waals surface area contributed by atoms with E-state index in [0.29, 0.717) is 19.1 Å². The first-order valence-corrected chi connectivity index (χ1v) is 10.3. The van der Waals surface area contributed by atoms with Gasteiger partial charge in [0.15, 0.2) is 5.96 Å². The third-order valence-corrected chi connectivity index (χ3v) is 5.05. The number of aryl methyl sites for hydroxylation is 1. The minimum absolute atomic E-state index is 0. The first-order valence-electron chi connectivity index (χ1n) is 10.3. The Morgan fingerprint density at radius 3 is 3.00 bits per heavy atom. The van der Waals surface area contributed by atoms with Crippen molar-refractivity contribution in [3.05, 3.63) is 30.6 Å². The van der Waals surface area contributed by atoms with Gasteiger partial charge in [-0.05, 0) is 31.9 Å². The van der Waals surface area contributed by atoms with Gasteiger partial charge in [-0.2, -0.15) is 0 Å². The molecule has 0 aliphatic carbocycles. The molecule has 1 unspecified atom stereocenters. The summed E-state index contributed by atoms with van der Waals surface area (Å²) in [4.78, 5) is 11.7. The van der Waals surface area contributed by atoms with Crippen LogP contribution in [0.25, 0.3) is 11.0 Å². The number of nitrogens with one attached hydrogen (secondary N) is 1. The molecule has 1 aromatic carbocycles. The quantitative estimate of drug-likeness (QED) is 0.228. The van der Waals surface area contributed by atoms with Crippen molar-refractivity contribution in [2.45, 2.75) is 26.3 Å². The summed E-state index contributed by atoms with van der Waals surface area (Å²) in [6.45, 7) is 8.91. The van der Waals surface area contributed by atoms with Gasteiger partial charge in [0, 0.05) is 45.8 Å². The summed E-state index contributed by atoms with van der Waals surface area (Å²) in [5.41, 5.74) is 2.24. The Morgan fingerprint density at radius 2 is 2.17 bits per heavy atom. The lowest BCUT2D eigenvalue weighted by molar-refractivity contribution is 0.0536. The van der Waals surface area contributed by atoms with Gasteiger partial charge in [-0.25, -0.2) is 4.98 Å². The Hall–Kier alpha value is -1.39. The number of rotatable bonds is 10. The van der Waals surface area contributed by atoms with Crippen LogP contribution in [0.5, 0.6) is 0 Å². The normalized spacial score (nSPS) is 17.0. The Labute approximate surface area is 190 Å². The van der Waals surface area contributed by atoms with Crippen molar-refractivity contribution in [2.24, 2.45) is 10.9 Å². The molecule has 7 nitrogen and oxygen atoms in total. The van der Waals surface area contributed by atoms with Gasteiger partial charge in [-0.3, -0.25) is 4.99 Å². The molecule has 1 saturated heterocycles. The molecule has 162 valence electrons. The zero-order chi connectivity index (χ0) is 19.6. The number of benzene rings is 1. The van der Waals surface area contributed by atoms with E-state index in [1.165, 1.54) is 5.52 Å². The summed E-state index contributed by atoms with van der Waals surface area (Å²) in [6.07, 6.45) is 4.07. The molecule has 1 fully saturated rings. The van der Waals surface area contributed by atoms with Gasteiger partial charge in [0.1, 0.15) is 0 Å². The lowest BCUT2D eigenvalue weighted by Gasteiger charge is -2.21. The lowest BCUT2D eigenvalue weighted by atomic mass is 10.1. The highest BCUT2D eigenvalue weighted by molar-refractivity contribution is 14.0. The minimum atomic E-state index is 0. The van der Waals surface area contributed by atoms with Gasteiger partial charge in [0.25, 0.3) is 0 Å². The highest BCUT2D eigenvalue weighted by Gasteiger charge is 2.24. The van der Waals surface area contributed by atoms with E-state index >= 15 is 0 Å². The number of fused-ring (bicyclic) bond motifs is 1. The van der Waals surface area contributed by atoms with Crippen LogP contribution in [0.3, 0.4) is 0 Å². The van der Waals surface area contributed by atoms with Crippen LogP contribution < -0.4 is 5.32 Å². The smallest absolute Gasteiger partial charge is 0.193 e. The van der Waals surface area contributed by atoms with Crippen LogP contribution in [0.15, 0.2) is 35.6 Å². The fourth-order valence-corrected chi connectivity index (χ4v) is 3.59. The molecule has 0 bridgehead atoms. The maximum atomic E-state index is 5.70. The summed E-state index contributed by atoms with van der Waals surface area (Å²) in [5, 5.41) is 3.44. The average Bonchev–Trinajstić information content (AvgIpc) is 3.35. The number of halogens is 1. The van der Waals surface area contributed by atoms with E-state index < -0.39 is 0 Å². The molecule has 1 atom stereocenters. The molecule has 0 radical (unpaired) electrons. The van der Waals surface area contributed by atoms with Crippen LogP contribution in [0.2, 0.25) is 0 Å². The molecular formula is C21H34IN5O2. The molecule has 1 aliphatic rings. The molecule has 1 N–H and O–H groups in total. The number of para-hydroxylation sites is 2. The van der Waals surface area contributed by atoms with Gasteiger partial charge in [0.2, 0.25) is 0 Å². The van der Waals surface area contributed by atoms with E-state index in [1.807, 2.05) is 12.4 Å². The molecule has 2 aromatic rings. The first kappa shape index (κ1) is 23.9. The topological polar surface area (TPSA) is 63.9 Å². The number of methoxy groups -OCH3 is 1.